The Hall–Kier alpha value is -5.87. The van der Waals surface area contributed by atoms with E-state index >= 15 is 0 Å². The third-order valence-corrected chi connectivity index (χ3v) is 13.2. The van der Waals surface area contributed by atoms with Crippen molar-refractivity contribution in [3.8, 4) is 56.4 Å². The molecule has 4 nitrogen and oxygen atoms in total. The van der Waals surface area contributed by atoms with Crippen LogP contribution in [0.5, 0.6) is 0 Å². The van der Waals surface area contributed by atoms with Crippen LogP contribution in [0.15, 0.2) is 144 Å². The van der Waals surface area contributed by atoms with Crippen LogP contribution in [-0.4, -0.2) is 15.0 Å². The topological polar surface area (TPSA) is 51.8 Å². The molecule has 288 valence electrons. The number of furan rings is 1. The van der Waals surface area contributed by atoms with Crippen LogP contribution in [0.4, 0.5) is 0 Å². The van der Waals surface area contributed by atoms with Crippen LogP contribution in [0, 0.1) is 23.7 Å². The minimum atomic E-state index is 0.106. The van der Waals surface area contributed by atoms with Crippen molar-refractivity contribution in [2.24, 2.45) is 23.7 Å². The van der Waals surface area contributed by atoms with Gasteiger partial charge >= 0.3 is 0 Å². The largest absolute Gasteiger partial charge is 0.455 e. The van der Waals surface area contributed by atoms with E-state index in [4.69, 9.17) is 19.4 Å². The lowest BCUT2D eigenvalue weighted by molar-refractivity contribution is 0.0854. The fourth-order valence-electron chi connectivity index (χ4n) is 10.4. The van der Waals surface area contributed by atoms with E-state index in [2.05, 4.69) is 168 Å². The maximum absolute atomic E-state index is 6.68. The van der Waals surface area contributed by atoms with Crippen molar-refractivity contribution in [2.75, 3.05) is 0 Å². The summed E-state index contributed by atoms with van der Waals surface area (Å²) in [7, 11) is 0. The van der Waals surface area contributed by atoms with Crippen LogP contribution in [0.25, 0.3) is 78.4 Å². The molecule has 6 aromatic carbocycles. The molecule has 10 rings (SSSR count). The van der Waals surface area contributed by atoms with E-state index in [1.807, 2.05) is 6.07 Å². The van der Waals surface area contributed by atoms with E-state index in [-0.39, 0.29) is 5.41 Å². The number of fused-ring (bicyclic) bond motifs is 5. The average Bonchev–Trinajstić information content (AvgIpc) is 3.62. The van der Waals surface area contributed by atoms with Gasteiger partial charge in [0.05, 0.1) is 5.56 Å². The predicted molar refractivity (Wildman–Crippen MR) is 240 cm³/mol. The molecule has 2 fully saturated rings. The fourth-order valence-corrected chi connectivity index (χ4v) is 10.4. The lowest BCUT2D eigenvalue weighted by atomic mass is 9.59. The number of nitrogens with zero attached hydrogens (tertiary/aromatic N) is 3. The zero-order valence-corrected chi connectivity index (χ0v) is 34.2. The Balaban J connectivity index is 1.06. The Morgan fingerprint density at radius 1 is 0.517 bits per heavy atom. The average molecular weight is 758 g/mol. The van der Waals surface area contributed by atoms with Gasteiger partial charge in [0, 0.05) is 21.9 Å². The molecular formula is C54H51N3O. The van der Waals surface area contributed by atoms with Gasteiger partial charge in [0.15, 0.2) is 17.5 Å². The van der Waals surface area contributed by atoms with Crippen LogP contribution in [0.2, 0.25) is 0 Å². The molecule has 0 radical (unpaired) electrons. The first kappa shape index (κ1) is 36.5. The van der Waals surface area contributed by atoms with E-state index in [0.717, 1.165) is 67.5 Å². The first-order chi connectivity index (χ1) is 28.1. The second kappa shape index (κ2) is 14.5. The lowest BCUT2D eigenvalue weighted by Crippen LogP contribution is -2.35. The standard InChI is InChI=1S/C54H51N3O/c1-33-28-35-30-34(2)49(43(29-33)31-35)39-16-20-41(21-17-39)52-55-51(40-18-14-37(15-19-40)36-10-7-6-8-11-36)56-53(57-52)46-13-9-12-45-47-32-42(24-27-48(47)58-50(45)46)38-22-25-44(26-23-38)54(3,4)5/h6-27,32-35,43,49H,28-31H2,1-5H3. The molecule has 2 heterocycles. The van der Waals surface area contributed by atoms with Crippen molar-refractivity contribution in [1.29, 1.82) is 0 Å². The highest BCUT2D eigenvalue weighted by molar-refractivity contribution is 6.10. The Labute approximate surface area is 342 Å². The second-order valence-corrected chi connectivity index (χ2v) is 18.4. The number of hydrogen-bond donors (Lipinski definition) is 0. The summed E-state index contributed by atoms with van der Waals surface area (Å²) in [5, 5.41) is 2.12. The Morgan fingerprint density at radius 3 is 1.83 bits per heavy atom. The summed E-state index contributed by atoms with van der Waals surface area (Å²) in [6.45, 7) is 11.7. The van der Waals surface area contributed by atoms with Crippen molar-refractivity contribution >= 4 is 21.9 Å². The molecule has 2 aliphatic carbocycles. The maximum atomic E-state index is 6.68. The smallest absolute Gasteiger partial charge is 0.167 e. The van der Waals surface area contributed by atoms with Crippen molar-refractivity contribution in [3.63, 3.8) is 0 Å². The molecule has 5 atom stereocenters. The molecule has 8 aromatic rings. The molecule has 0 spiro atoms. The fraction of sp³-hybridized carbons (Fsp3) is 0.278. The Bertz CT molecular complexity index is 2740. The van der Waals surface area contributed by atoms with Gasteiger partial charge in [-0.15, -0.1) is 0 Å². The van der Waals surface area contributed by atoms with Gasteiger partial charge in [-0.2, -0.15) is 0 Å². The van der Waals surface area contributed by atoms with Crippen LogP contribution in [-0.2, 0) is 5.41 Å². The zero-order chi connectivity index (χ0) is 39.5. The third-order valence-electron chi connectivity index (χ3n) is 13.2. The van der Waals surface area contributed by atoms with Crippen molar-refractivity contribution < 1.29 is 4.42 Å². The number of rotatable bonds is 6. The number of benzene rings is 6. The summed E-state index contributed by atoms with van der Waals surface area (Å²) < 4.78 is 6.68. The van der Waals surface area contributed by atoms with E-state index in [9.17, 15) is 0 Å². The van der Waals surface area contributed by atoms with Gasteiger partial charge in [-0.25, -0.2) is 15.0 Å². The molecule has 0 saturated heterocycles. The highest BCUT2D eigenvalue weighted by atomic mass is 16.3. The van der Waals surface area contributed by atoms with Crippen LogP contribution in [0.3, 0.4) is 0 Å². The van der Waals surface area contributed by atoms with Crippen molar-refractivity contribution in [2.45, 2.75) is 71.6 Å². The molecule has 0 amide bonds. The van der Waals surface area contributed by atoms with Gasteiger partial charge in [0.2, 0.25) is 0 Å². The summed E-state index contributed by atoms with van der Waals surface area (Å²) in [5.74, 6) is 5.70. The minimum absolute atomic E-state index is 0.106. The van der Waals surface area contributed by atoms with E-state index < -0.39 is 0 Å². The monoisotopic (exact) mass is 757 g/mol. The Morgan fingerprint density at radius 2 is 1.12 bits per heavy atom. The summed E-state index contributed by atoms with van der Waals surface area (Å²) >= 11 is 0. The van der Waals surface area contributed by atoms with Gasteiger partial charge in [-0.05, 0) is 112 Å². The molecule has 2 aliphatic rings. The Kier molecular flexibility index (Phi) is 9.12. The van der Waals surface area contributed by atoms with Gasteiger partial charge in [-0.1, -0.05) is 156 Å². The molecule has 0 aliphatic heterocycles. The predicted octanol–water partition coefficient (Wildman–Crippen LogP) is 14.6. The van der Waals surface area contributed by atoms with E-state index in [1.165, 1.54) is 47.9 Å². The highest BCUT2D eigenvalue weighted by Gasteiger charge is 2.40. The second-order valence-electron chi connectivity index (χ2n) is 18.4. The van der Waals surface area contributed by atoms with Crippen LogP contribution >= 0.6 is 0 Å². The van der Waals surface area contributed by atoms with E-state index in [0.29, 0.717) is 29.3 Å². The zero-order valence-electron chi connectivity index (χ0n) is 34.2. The van der Waals surface area contributed by atoms with Gasteiger partial charge < -0.3 is 4.42 Å². The molecule has 0 N–H and O–H groups in total. The normalized spacial score (nSPS) is 20.7. The van der Waals surface area contributed by atoms with Gasteiger partial charge in [0.25, 0.3) is 0 Å². The number of aromatic nitrogens is 3. The summed E-state index contributed by atoms with van der Waals surface area (Å²) in [5.41, 5.74) is 12.0. The van der Waals surface area contributed by atoms with Gasteiger partial charge in [0.1, 0.15) is 11.2 Å². The molecule has 5 unspecified atom stereocenters. The SMILES string of the molecule is CC1CC2CC(C)C(c3ccc(-c4nc(-c5ccc(-c6ccccc6)cc5)nc(-c5cccc6c5oc5ccc(-c7ccc(C(C)(C)C)cc7)cc56)n4)cc3)C(C1)C2. The first-order valence-electron chi connectivity index (χ1n) is 21.2. The molecule has 2 bridgehead atoms. The molecule has 58 heavy (non-hydrogen) atoms. The van der Waals surface area contributed by atoms with Crippen molar-refractivity contribution in [3.05, 3.63) is 151 Å². The lowest BCUT2D eigenvalue weighted by Gasteiger charge is -2.46. The maximum Gasteiger partial charge on any atom is 0.167 e. The summed E-state index contributed by atoms with van der Waals surface area (Å²) in [6.07, 6.45) is 5.47. The number of para-hydroxylation sites is 1. The summed E-state index contributed by atoms with van der Waals surface area (Å²) in [6, 6.07) is 49.9. The molecule has 4 heteroatoms. The molecular weight excluding hydrogens is 707 g/mol. The highest BCUT2D eigenvalue weighted by Crippen LogP contribution is 2.52. The molecule has 2 aromatic heterocycles. The van der Waals surface area contributed by atoms with Crippen LogP contribution < -0.4 is 0 Å². The quantitative estimate of drug-likeness (QED) is 0.169. The molecule has 2 saturated carbocycles. The minimum Gasteiger partial charge on any atom is -0.455 e. The van der Waals surface area contributed by atoms with Crippen molar-refractivity contribution in [1.82, 2.24) is 15.0 Å². The first-order valence-corrected chi connectivity index (χ1v) is 21.2. The van der Waals surface area contributed by atoms with Gasteiger partial charge in [-0.3, -0.25) is 0 Å². The number of hydrogen-bond acceptors (Lipinski definition) is 4. The third kappa shape index (κ3) is 6.83. The van der Waals surface area contributed by atoms with E-state index in [1.54, 1.807) is 0 Å². The summed E-state index contributed by atoms with van der Waals surface area (Å²) in [4.78, 5) is 15.5. The van der Waals surface area contributed by atoms with Crippen LogP contribution in [0.1, 0.15) is 77.3 Å².